The van der Waals surface area contributed by atoms with Crippen LogP contribution in [0.15, 0.2) is 24.3 Å². The van der Waals surface area contributed by atoms with E-state index in [9.17, 15) is 19.1 Å². The molecule has 3 amide bonds. The summed E-state index contributed by atoms with van der Waals surface area (Å²) >= 11 is 0. The summed E-state index contributed by atoms with van der Waals surface area (Å²) < 4.78 is 13.9. The first kappa shape index (κ1) is 24.5. The lowest BCUT2D eigenvalue weighted by Crippen LogP contribution is -2.51. The van der Waals surface area contributed by atoms with E-state index in [0.717, 1.165) is 30.5 Å². The van der Waals surface area contributed by atoms with Crippen molar-refractivity contribution < 1.29 is 19.1 Å². The first-order valence-electron chi connectivity index (χ1n) is 11.4. The number of rotatable bonds is 6. The van der Waals surface area contributed by atoms with Gasteiger partial charge in [-0.25, -0.2) is 19.2 Å². The van der Waals surface area contributed by atoms with E-state index in [2.05, 4.69) is 39.6 Å². The molecule has 4 N–H and O–H groups in total. The van der Waals surface area contributed by atoms with Gasteiger partial charge in [-0.3, -0.25) is 9.89 Å². The van der Waals surface area contributed by atoms with Crippen LogP contribution in [-0.4, -0.2) is 62.3 Å². The van der Waals surface area contributed by atoms with Crippen molar-refractivity contribution >= 4 is 27.8 Å². The van der Waals surface area contributed by atoms with Crippen molar-refractivity contribution in [2.45, 2.75) is 56.0 Å². The summed E-state index contributed by atoms with van der Waals surface area (Å²) in [7, 11) is -1.12. The number of H-pyrrole nitrogens is 1. The number of hydrogen-bond donors (Lipinski definition) is 4. The summed E-state index contributed by atoms with van der Waals surface area (Å²) in [4.78, 5) is 28.1. The number of benzene rings is 1. The number of carbonyl (C=O) groups excluding carboxylic acids is 2. The van der Waals surface area contributed by atoms with Gasteiger partial charge in [0.2, 0.25) is 5.91 Å². The van der Waals surface area contributed by atoms with Gasteiger partial charge in [0.1, 0.15) is 5.82 Å². The molecule has 1 aliphatic heterocycles. The number of aromatic amines is 1. The second-order valence-electron chi connectivity index (χ2n) is 10.4. The van der Waals surface area contributed by atoms with Crippen LogP contribution in [0.1, 0.15) is 56.0 Å². The molecule has 1 unspecified atom stereocenters. The normalized spacial score (nSPS) is 19.7. The number of fused-ring (bicyclic) bond motifs is 1. The van der Waals surface area contributed by atoms with Crippen LogP contribution in [0.5, 0.6) is 0 Å². The van der Waals surface area contributed by atoms with Gasteiger partial charge in [-0.05, 0) is 57.9 Å². The molecule has 1 aliphatic carbocycles. The van der Waals surface area contributed by atoms with E-state index < -0.39 is 40.1 Å². The number of nitrogens with one attached hydrogen (secondary N) is 3. The number of carbonyl (C=O) groups is 2. The van der Waals surface area contributed by atoms with E-state index in [1.54, 1.807) is 23.1 Å². The molecule has 0 bridgehead atoms. The molecule has 2 aromatic rings. The lowest BCUT2D eigenvalue weighted by Gasteiger charge is -2.53. The summed E-state index contributed by atoms with van der Waals surface area (Å²) in [5.41, 5.74) is 0.987. The van der Waals surface area contributed by atoms with Gasteiger partial charge in [-0.15, -0.1) is 0 Å². The zero-order chi connectivity index (χ0) is 24.9. The van der Waals surface area contributed by atoms with E-state index in [0.29, 0.717) is 5.82 Å². The quantitative estimate of drug-likeness (QED) is 0.495. The number of anilines is 1. The molecule has 8 nitrogen and oxygen atoms in total. The summed E-state index contributed by atoms with van der Waals surface area (Å²) in [5.74, 6) is -0.0462. The van der Waals surface area contributed by atoms with Crippen LogP contribution < -0.4 is 10.6 Å². The average Bonchev–Trinajstić information content (AvgIpc) is 3.23. The van der Waals surface area contributed by atoms with Crippen molar-refractivity contribution in [1.82, 2.24) is 20.4 Å². The SMILES string of the molecule is CC1(C)c2[nH]nc(NC(=O)C3(S(C)(C)C)CCC3)c2CN1C(=O)NC(CO)c1ccccc1F. The van der Waals surface area contributed by atoms with Crippen LogP contribution in [-0.2, 0) is 16.9 Å². The first-order valence-corrected chi connectivity index (χ1v) is 14.3. The molecule has 1 atom stereocenters. The molecule has 4 rings (SSSR count). The number of amides is 3. The molecular formula is C24H34FN5O3S. The van der Waals surface area contributed by atoms with Crippen molar-refractivity contribution in [3.05, 3.63) is 46.9 Å². The van der Waals surface area contributed by atoms with Gasteiger partial charge in [0.15, 0.2) is 5.82 Å². The smallest absolute Gasteiger partial charge is 0.319 e. The van der Waals surface area contributed by atoms with Crippen LogP contribution in [0.3, 0.4) is 0 Å². The summed E-state index contributed by atoms with van der Waals surface area (Å²) in [6, 6.07) is 4.73. The molecule has 1 aromatic heterocycles. The van der Waals surface area contributed by atoms with E-state index in [4.69, 9.17) is 0 Å². The second-order valence-corrected chi connectivity index (χ2v) is 14.9. The van der Waals surface area contributed by atoms with E-state index >= 15 is 0 Å². The number of nitrogens with zero attached hydrogens (tertiary/aromatic N) is 2. The minimum atomic E-state index is -1.12. The Hall–Kier alpha value is -2.59. The molecule has 1 saturated carbocycles. The topological polar surface area (TPSA) is 110 Å². The predicted octanol–water partition coefficient (Wildman–Crippen LogP) is 3.60. The molecule has 186 valence electrons. The maximum Gasteiger partial charge on any atom is 0.319 e. The lowest BCUT2D eigenvalue weighted by atomic mass is 9.83. The number of aliphatic hydroxyl groups excluding tert-OH is 1. The van der Waals surface area contributed by atoms with Gasteiger partial charge >= 0.3 is 6.03 Å². The molecule has 2 heterocycles. The molecule has 2 aliphatic rings. The van der Waals surface area contributed by atoms with Crippen molar-refractivity contribution in [2.24, 2.45) is 0 Å². The third kappa shape index (κ3) is 3.86. The zero-order valence-corrected chi connectivity index (χ0v) is 21.2. The van der Waals surface area contributed by atoms with Crippen molar-refractivity contribution in [3.8, 4) is 0 Å². The molecule has 1 aromatic carbocycles. The van der Waals surface area contributed by atoms with E-state index in [1.165, 1.54) is 6.07 Å². The van der Waals surface area contributed by atoms with Crippen LogP contribution in [0.2, 0.25) is 0 Å². The molecule has 1 fully saturated rings. The predicted molar refractivity (Wildman–Crippen MR) is 132 cm³/mol. The van der Waals surface area contributed by atoms with E-state index in [-0.39, 0.29) is 22.8 Å². The fraction of sp³-hybridized carbons (Fsp3) is 0.542. The second kappa shape index (κ2) is 8.57. The molecule has 0 radical (unpaired) electrons. The molecule has 0 saturated heterocycles. The Morgan fingerprint density at radius 2 is 1.94 bits per heavy atom. The summed E-state index contributed by atoms with van der Waals surface area (Å²) in [6.45, 7) is 3.55. The largest absolute Gasteiger partial charge is 0.394 e. The Morgan fingerprint density at radius 1 is 1.26 bits per heavy atom. The Labute approximate surface area is 201 Å². The van der Waals surface area contributed by atoms with Crippen LogP contribution >= 0.6 is 10.0 Å². The Bertz CT molecular complexity index is 1110. The highest BCUT2D eigenvalue weighted by Gasteiger charge is 2.51. The van der Waals surface area contributed by atoms with E-state index in [1.807, 2.05) is 13.8 Å². The van der Waals surface area contributed by atoms with Gasteiger partial charge in [-0.2, -0.15) is 5.10 Å². The molecule has 0 spiro atoms. The Kier molecular flexibility index (Phi) is 6.18. The highest BCUT2D eigenvalue weighted by Crippen LogP contribution is 2.60. The number of aliphatic hydroxyl groups is 1. The highest BCUT2D eigenvalue weighted by molar-refractivity contribution is 8.33. The number of halogens is 1. The van der Waals surface area contributed by atoms with Crippen molar-refractivity contribution in [1.29, 1.82) is 0 Å². The maximum atomic E-state index is 14.2. The number of hydrogen-bond acceptors (Lipinski definition) is 4. The van der Waals surface area contributed by atoms with Crippen molar-refractivity contribution in [2.75, 3.05) is 30.7 Å². The Balaban J connectivity index is 1.53. The lowest BCUT2D eigenvalue weighted by molar-refractivity contribution is -0.120. The summed E-state index contributed by atoms with van der Waals surface area (Å²) in [5, 5.41) is 23.0. The number of urea groups is 1. The standard InChI is InChI=1S/C24H34FN5O3S/c1-23(2)19-16(20(29-28-19)27-21(32)24(11-8-12-24)34(3,4)5)13-30(23)22(33)26-18(14-31)15-9-6-7-10-17(15)25/h6-7,9-10,18,31H,8,11-14H2,1-5H3,(H,26,33)(H2,27,28,29,32). The Morgan fingerprint density at radius 3 is 2.50 bits per heavy atom. The molecule has 10 heteroatoms. The maximum absolute atomic E-state index is 14.2. The minimum absolute atomic E-state index is 0.00356. The van der Waals surface area contributed by atoms with Crippen LogP contribution in [0.25, 0.3) is 0 Å². The molecule has 34 heavy (non-hydrogen) atoms. The fourth-order valence-electron chi connectivity index (χ4n) is 4.99. The average molecular weight is 492 g/mol. The van der Waals surface area contributed by atoms with Gasteiger partial charge in [0.05, 0.1) is 35.2 Å². The number of aromatic nitrogens is 2. The fourth-order valence-corrected chi connectivity index (χ4v) is 7.11. The zero-order valence-electron chi connectivity index (χ0n) is 20.4. The minimum Gasteiger partial charge on any atom is -0.394 e. The van der Waals surface area contributed by atoms with Crippen LogP contribution in [0, 0.1) is 5.82 Å². The van der Waals surface area contributed by atoms with Gasteiger partial charge in [0.25, 0.3) is 0 Å². The molecular weight excluding hydrogens is 457 g/mol. The van der Waals surface area contributed by atoms with Gasteiger partial charge < -0.3 is 20.6 Å². The highest BCUT2D eigenvalue weighted by atomic mass is 32.3. The summed E-state index contributed by atoms with van der Waals surface area (Å²) in [6.07, 6.45) is 9.31. The van der Waals surface area contributed by atoms with Crippen LogP contribution in [0.4, 0.5) is 15.0 Å². The van der Waals surface area contributed by atoms with Gasteiger partial charge in [-0.1, -0.05) is 18.2 Å². The van der Waals surface area contributed by atoms with Crippen molar-refractivity contribution in [3.63, 3.8) is 0 Å². The first-order chi connectivity index (χ1) is 15.9. The third-order valence-electron chi connectivity index (χ3n) is 7.46. The monoisotopic (exact) mass is 491 g/mol. The third-order valence-corrected chi connectivity index (χ3v) is 10.4. The van der Waals surface area contributed by atoms with Gasteiger partial charge in [0, 0.05) is 11.1 Å².